The Morgan fingerprint density at radius 3 is 2.85 bits per heavy atom. The monoisotopic (exact) mass is 349 g/mol. The summed E-state index contributed by atoms with van der Waals surface area (Å²) in [5.74, 6) is 0.853. The molecule has 0 aliphatic heterocycles. The summed E-state index contributed by atoms with van der Waals surface area (Å²) in [5.41, 5.74) is 2.25. The Hall–Kier alpha value is -1.45. The molecule has 2 nitrogen and oxygen atoms in total. The van der Waals surface area contributed by atoms with Gasteiger partial charge in [-0.25, -0.2) is 0 Å². The van der Waals surface area contributed by atoms with Gasteiger partial charge in [-0.2, -0.15) is 0 Å². The fourth-order valence-corrected chi connectivity index (χ4v) is 3.06. The van der Waals surface area contributed by atoms with Crippen LogP contribution in [-0.4, -0.2) is 11.7 Å². The van der Waals surface area contributed by atoms with Crippen LogP contribution in [-0.2, 0) is 6.54 Å². The summed E-state index contributed by atoms with van der Waals surface area (Å²) in [6.45, 7) is 0.726. The van der Waals surface area contributed by atoms with E-state index in [-0.39, 0.29) is 0 Å². The minimum absolute atomic E-state index is 0.721. The van der Waals surface area contributed by atoms with E-state index in [0.29, 0.717) is 0 Å². The Bertz CT molecular complexity index is 766. The van der Waals surface area contributed by atoms with Crippen molar-refractivity contribution >= 4 is 38.4 Å². The molecule has 0 saturated heterocycles. The Morgan fingerprint density at radius 2 is 2.05 bits per heavy atom. The molecule has 0 bridgehead atoms. The Balaban J connectivity index is 2.06. The van der Waals surface area contributed by atoms with Gasteiger partial charge in [-0.3, -0.25) is 0 Å². The van der Waals surface area contributed by atoms with Crippen molar-refractivity contribution in [2.45, 2.75) is 6.54 Å². The molecule has 1 aromatic heterocycles. The van der Waals surface area contributed by atoms with Crippen molar-refractivity contribution in [3.8, 4) is 5.75 Å². The van der Waals surface area contributed by atoms with Gasteiger partial charge >= 0.3 is 0 Å². The zero-order chi connectivity index (χ0) is 14.1. The molecule has 0 aliphatic rings. The molecule has 2 aromatic carbocycles. The lowest BCUT2D eigenvalue weighted by Crippen LogP contribution is -2.00. The molecule has 0 unspecified atom stereocenters. The standard InChI is InChI=1S/C16H13BrClNO/c1-20-16-6-5-12(18)9-11(16)10-19-8-7-13-14(17)3-2-4-15(13)19/h2-9H,10H2,1H3. The van der Waals surface area contributed by atoms with Crippen LogP contribution >= 0.6 is 27.5 Å². The van der Waals surface area contributed by atoms with Gasteiger partial charge in [0.05, 0.1) is 13.7 Å². The quantitative estimate of drug-likeness (QED) is 0.640. The van der Waals surface area contributed by atoms with Crippen LogP contribution in [0.15, 0.2) is 53.1 Å². The number of rotatable bonds is 3. The summed E-state index contributed by atoms with van der Waals surface area (Å²) in [7, 11) is 1.68. The highest BCUT2D eigenvalue weighted by atomic mass is 79.9. The molecule has 4 heteroatoms. The van der Waals surface area contributed by atoms with Crippen molar-refractivity contribution in [1.82, 2.24) is 4.57 Å². The second kappa shape index (κ2) is 5.51. The summed E-state index contributed by atoms with van der Waals surface area (Å²) in [6, 6.07) is 14.0. The largest absolute Gasteiger partial charge is 0.496 e. The molecule has 0 amide bonds. The summed E-state index contributed by atoms with van der Waals surface area (Å²) < 4.78 is 8.70. The van der Waals surface area contributed by atoms with E-state index in [0.717, 1.165) is 27.4 Å². The molecule has 0 atom stereocenters. The molecule has 0 radical (unpaired) electrons. The van der Waals surface area contributed by atoms with Crippen molar-refractivity contribution in [1.29, 1.82) is 0 Å². The average Bonchev–Trinajstić information content (AvgIpc) is 2.84. The SMILES string of the molecule is COc1ccc(Cl)cc1Cn1ccc2c(Br)cccc21. The maximum absolute atomic E-state index is 6.09. The third-order valence-corrected chi connectivity index (χ3v) is 4.27. The highest BCUT2D eigenvalue weighted by molar-refractivity contribution is 9.10. The second-order valence-corrected chi connectivity index (χ2v) is 5.86. The molecule has 0 fully saturated rings. The van der Waals surface area contributed by atoms with Crippen LogP contribution in [0.25, 0.3) is 10.9 Å². The first-order chi connectivity index (χ1) is 9.69. The molecule has 0 N–H and O–H groups in total. The van der Waals surface area contributed by atoms with Gasteiger partial charge in [0.15, 0.2) is 0 Å². The van der Waals surface area contributed by atoms with Gasteiger partial charge in [0.1, 0.15) is 5.75 Å². The number of fused-ring (bicyclic) bond motifs is 1. The molecular weight excluding hydrogens is 338 g/mol. The predicted octanol–water partition coefficient (Wildman–Crippen LogP) is 5.11. The summed E-state index contributed by atoms with van der Waals surface area (Å²) in [5, 5.41) is 1.92. The summed E-state index contributed by atoms with van der Waals surface area (Å²) >= 11 is 9.66. The topological polar surface area (TPSA) is 14.2 Å². The van der Waals surface area contributed by atoms with Crippen LogP contribution in [0, 0.1) is 0 Å². The average molecular weight is 351 g/mol. The van der Waals surface area contributed by atoms with Crippen LogP contribution in [0.2, 0.25) is 5.02 Å². The molecule has 0 saturated carbocycles. The zero-order valence-electron chi connectivity index (χ0n) is 10.9. The first-order valence-electron chi connectivity index (χ1n) is 6.25. The number of hydrogen-bond acceptors (Lipinski definition) is 1. The zero-order valence-corrected chi connectivity index (χ0v) is 13.3. The second-order valence-electron chi connectivity index (χ2n) is 4.57. The summed E-state index contributed by atoms with van der Waals surface area (Å²) in [6.07, 6.45) is 2.08. The molecule has 1 heterocycles. The van der Waals surface area contributed by atoms with Gasteiger partial charge in [0.2, 0.25) is 0 Å². The molecule has 3 rings (SSSR count). The number of nitrogens with zero attached hydrogens (tertiary/aromatic N) is 1. The number of benzene rings is 2. The third-order valence-electron chi connectivity index (χ3n) is 3.34. The number of methoxy groups -OCH3 is 1. The number of halogens is 2. The molecule has 0 aliphatic carbocycles. The molecule has 0 spiro atoms. The van der Waals surface area contributed by atoms with Crippen molar-refractivity contribution in [2.24, 2.45) is 0 Å². The van der Waals surface area contributed by atoms with Gasteiger partial charge in [-0.15, -0.1) is 0 Å². The number of hydrogen-bond donors (Lipinski definition) is 0. The highest BCUT2D eigenvalue weighted by Gasteiger charge is 2.08. The third kappa shape index (κ3) is 2.43. The Labute approximate surface area is 131 Å². The predicted molar refractivity (Wildman–Crippen MR) is 86.7 cm³/mol. The van der Waals surface area contributed by atoms with Crippen molar-refractivity contribution < 1.29 is 4.74 Å². The van der Waals surface area contributed by atoms with Gasteiger partial charge < -0.3 is 9.30 Å². The minimum atomic E-state index is 0.721. The maximum atomic E-state index is 6.09. The van der Waals surface area contributed by atoms with E-state index >= 15 is 0 Å². The van der Waals surface area contributed by atoms with Crippen molar-refractivity contribution in [2.75, 3.05) is 7.11 Å². The normalized spacial score (nSPS) is 10.9. The lowest BCUT2D eigenvalue weighted by atomic mass is 10.2. The first-order valence-corrected chi connectivity index (χ1v) is 7.42. The molecular formula is C16H13BrClNO. The van der Waals surface area contributed by atoms with Crippen LogP contribution in [0.4, 0.5) is 0 Å². The molecule has 3 aromatic rings. The van der Waals surface area contributed by atoms with Gasteiger partial charge in [-0.1, -0.05) is 33.6 Å². The number of ether oxygens (including phenoxy) is 1. The molecule has 20 heavy (non-hydrogen) atoms. The fourth-order valence-electron chi connectivity index (χ4n) is 2.38. The van der Waals surface area contributed by atoms with Crippen LogP contribution in [0.3, 0.4) is 0 Å². The van der Waals surface area contributed by atoms with E-state index in [9.17, 15) is 0 Å². The number of aromatic nitrogens is 1. The lowest BCUT2D eigenvalue weighted by molar-refractivity contribution is 0.408. The van der Waals surface area contributed by atoms with Crippen LogP contribution < -0.4 is 4.74 Å². The van der Waals surface area contributed by atoms with E-state index in [2.05, 4.69) is 38.8 Å². The van der Waals surface area contributed by atoms with Gasteiger partial charge in [-0.05, 0) is 36.4 Å². The maximum Gasteiger partial charge on any atom is 0.123 e. The van der Waals surface area contributed by atoms with E-state index in [1.165, 1.54) is 10.9 Å². The summed E-state index contributed by atoms with van der Waals surface area (Å²) in [4.78, 5) is 0. The smallest absolute Gasteiger partial charge is 0.123 e. The van der Waals surface area contributed by atoms with Gasteiger partial charge in [0, 0.05) is 32.2 Å². The highest BCUT2D eigenvalue weighted by Crippen LogP contribution is 2.28. The first kappa shape index (κ1) is 13.5. The fraction of sp³-hybridized carbons (Fsp3) is 0.125. The minimum Gasteiger partial charge on any atom is -0.496 e. The molecule has 102 valence electrons. The Kier molecular flexibility index (Phi) is 3.72. The van der Waals surface area contributed by atoms with E-state index in [1.54, 1.807) is 7.11 Å². The van der Waals surface area contributed by atoms with E-state index in [1.807, 2.05) is 30.3 Å². The lowest BCUT2D eigenvalue weighted by Gasteiger charge is -2.11. The van der Waals surface area contributed by atoms with Crippen molar-refractivity contribution in [3.63, 3.8) is 0 Å². The van der Waals surface area contributed by atoms with Crippen molar-refractivity contribution in [3.05, 3.63) is 63.7 Å². The van der Waals surface area contributed by atoms with E-state index < -0.39 is 0 Å². The van der Waals surface area contributed by atoms with Crippen LogP contribution in [0.5, 0.6) is 5.75 Å². The Morgan fingerprint density at radius 1 is 1.20 bits per heavy atom. The van der Waals surface area contributed by atoms with E-state index in [4.69, 9.17) is 16.3 Å². The van der Waals surface area contributed by atoms with Gasteiger partial charge in [0.25, 0.3) is 0 Å². The van der Waals surface area contributed by atoms with Crippen LogP contribution in [0.1, 0.15) is 5.56 Å².